The number of aromatic nitrogens is 3. The van der Waals surface area contributed by atoms with Crippen LogP contribution in [0.15, 0.2) is 67.5 Å². The fourth-order valence-electron chi connectivity index (χ4n) is 2.24. The molecule has 3 aromatic rings. The SMILES string of the molecule is C[C@@H](NCc1ccc(-n2ccnc2)cc1)c1ccncc1. The molecule has 0 aliphatic rings. The molecule has 2 heterocycles. The molecule has 1 N–H and O–H groups in total. The zero-order valence-corrected chi connectivity index (χ0v) is 12.0. The van der Waals surface area contributed by atoms with Crippen LogP contribution in [0, 0.1) is 0 Å². The first kappa shape index (κ1) is 13.5. The summed E-state index contributed by atoms with van der Waals surface area (Å²) in [5, 5.41) is 3.52. The number of nitrogens with one attached hydrogen (secondary N) is 1. The molecule has 4 nitrogen and oxygen atoms in total. The minimum Gasteiger partial charge on any atom is -0.306 e. The molecule has 21 heavy (non-hydrogen) atoms. The van der Waals surface area contributed by atoms with Crippen LogP contribution in [0.25, 0.3) is 5.69 Å². The summed E-state index contributed by atoms with van der Waals surface area (Å²) < 4.78 is 2.00. The monoisotopic (exact) mass is 278 g/mol. The van der Waals surface area contributed by atoms with Crippen LogP contribution in [0.4, 0.5) is 0 Å². The first-order valence-electron chi connectivity index (χ1n) is 7.03. The third-order valence-electron chi connectivity index (χ3n) is 3.56. The summed E-state index contributed by atoms with van der Waals surface area (Å²) in [6.45, 7) is 3.00. The fraction of sp³-hybridized carbons (Fsp3) is 0.176. The summed E-state index contributed by atoms with van der Waals surface area (Å²) in [4.78, 5) is 8.10. The maximum absolute atomic E-state index is 4.06. The molecule has 2 aromatic heterocycles. The largest absolute Gasteiger partial charge is 0.306 e. The van der Waals surface area contributed by atoms with Crippen molar-refractivity contribution in [1.82, 2.24) is 19.9 Å². The average Bonchev–Trinajstić information content (AvgIpc) is 3.08. The summed E-state index contributed by atoms with van der Waals surface area (Å²) in [5.74, 6) is 0. The van der Waals surface area contributed by atoms with E-state index in [9.17, 15) is 0 Å². The molecule has 0 aliphatic carbocycles. The number of rotatable bonds is 5. The molecule has 0 radical (unpaired) electrons. The standard InChI is InChI=1S/C17H18N4/c1-14(16-6-8-18-9-7-16)20-12-15-2-4-17(5-3-15)21-11-10-19-13-21/h2-11,13-14,20H,12H2,1H3/t14-/m1/s1. The number of hydrogen-bond donors (Lipinski definition) is 1. The lowest BCUT2D eigenvalue weighted by Crippen LogP contribution is -2.18. The predicted molar refractivity (Wildman–Crippen MR) is 83.1 cm³/mol. The highest BCUT2D eigenvalue weighted by atomic mass is 15.0. The quantitative estimate of drug-likeness (QED) is 0.779. The van der Waals surface area contributed by atoms with E-state index in [4.69, 9.17) is 0 Å². The van der Waals surface area contributed by atoms with Gasteiger partial charge in [-0.1, -0.05) is 12.1 Å². The van der Waals surface area contributed by atoms with E-state index in [1.54, 1.807) is 12.5 Å². The van der Waals surface area contributed by atoms with Crippen molar-refractivity contribution in [3.63, 3.8) is 0 Å². The topological polar surface area (TPSA) is 42.7 Å². The normalized spacial score (nSPS) is 12.2. The Morgan fingerprint density at radius 2 is 1.76 bits per heavy atom. The van der Waals surface area contributed by atoms with Gasteiger partial charge in [-0.15, -0.1) is 0 Å². The van der Waals surface area contributed by atoms with Crippen molar-refractivity contribution in [1.29, 1.82) is 0 Å². The third-order valence-corrected chi connectivity index (χ3v) is 3.56. The van der Waals surface area contributed by atoms with Crippen LogP contribution in [0.1, 0.15) is 24.1 Å². The second-order valence-corrected chi connectivity index (χ2v) is 5.02. The Balaban J connectivity index is 1.61. The first-order valence-corrected chi connectivity index (χ1v) is 7.03. The zero-order chi connectivity index (χ0) is 14.5. The highest BCUT2D eigenvalue weighted by Crippen LogP contribution is 2.13. The molecule has 0 aliphatic heterocycles. The van der Waals surface area contributed by atoms with E-state index >= 15 is 0 Å². The van der Waals surface area contributed by atoms with Crippen molar-refractivity contribution in [3.05, 3.63) is 78.6 Å². The van der Waals surface area contributed by atoms with Crippen LogP contribution in [0.3, 0.4) is 0 Å². The van der Waals surface area contributed by atoms with Crippen molar-refractivity contribution >= 4 is 0 Å². The lowest BCUT2D eigenvalue weighted by molar-refractivity contribution is 0.574. The van der Waals surface area contributed by atoms with E-state index in [2.05, 4.69) is 46.5 Å². The van der Waals surface area contributed by atoms with Crippen LogP contribution in [0.5, 0.6) is 0 Å². The summed E-state index contributed by atoms with van der Waals surface area (Å²) in [6, 6.07) is 12.9. The second-order valence-electron chi connectivity index (χ2n) is 5.02. The Hall–Kier alpha value is -2.46. The molecular formula is C17H18N4. The Morgan fingerprint density at radius 1 is 1.00 bits per heavy atom. The predicted octanol–water partition coefficient (Wildman–Crippen LogP) is 3.12. The third kappa shape index (κ3) is 3.35. The molecular weight excluding hydrogens is 260 g/mol. The molecule has 1 aromatic carbocycles. The van der Waals surface area contributed by atoms with Gasteiger partial charge in [-0.05, 0) is 42.3 Å². The van der Waals surface area contributed by atoms with E-state index in [1.165, 1.54) is 11.1 Å². The van der Waals surface area contributed by atoms with Gasteiger partial charge in [-0.3, -0.25) is 4.98 Å². The van der Waals surface area contributed by atoms with Gasteiger partial charge < -0.3 is 9.88 Å². The summed E-state index contributed by atoms with van der Waals surface area (Å²) in [6.07, 6.45) is 9.18. The number of hydrogen-bond acceptors (Lipinski definition) is 3. The molecule has 0 saturated carbocycles. The highest BCUT2D eigenvalue weighted by molar-refractivity contribution is 5.34. The maximum Gasteiger partial charge on any atom is 0.0991 e. The zero-order valence-electron chi connectivity index (χ0n) is 12.0. The molecule has 0 unspecified atom stereocenters. The van der Waals surface area contributed by atoms with Gasteiger partial charge in [0.25, 0.3) is 0 Å². The molecule has 1 atom stereocenters. The Kier molecular flexibility index (Phi) is 4.07. The summed E-state index contributed by atoms with van der Waals surface area (Å²) >= 11 is 0. The van der Waals surface area contributed by atoms with Crippen molar-refractivity contribution in [2.24, 2.45) is 0 Å². The number of nitrogens with zero attached hydrogens (tertiary/aromatic N) is 3. The van der Waals surface area contributed by atoms with Crippen LogP contribution in [-0.2, 0) is 6.54 Å². The number of imidazole rings is 1. The molecule has 0 saturated heterocycles. The molecule has 0 fully saturated rings. The minimum atomic E-state index is 0.307. The highest BCUT2D eigenvalue weighted by Gasteiger charge is 2.04. The van der Waals surface area contributed by atoms with Crippen molar-refractivity contribution in [3.8, 4) is 5.69 Å². The van der Waals surface area contributed by atoms with E-state index in [0.717, 1.165) is 12.2 Å². The Morgan fingerprint density at radius 3 is 2.43 bits per heavy atom. The Bertz CT molecular complexity index is 660. The van der Waals surface area contributed by atoms with Gasteiger partial charge in [0, 0.05) is 43.1 Å². The van der Waals surface area contributed by atoms with E-state index in [-0.39, 0.29) is 0 Å². The van der Waals surface area contributed by atoms with Crippen LogP contribution < -0.4 is 5.32 Å². The Labute approximate surface area is 124 Å². The summed E-state index contributed by atoms with van der Waals surface area (Å²) in [5.41, 5.74) is 3.64. The molecule has 0 spiro atoms. The fourth-order valence-corrected chi connectivity index (χ4v) is 2.24. The van der Waals surface area contributed by atoms with Gasteiger partial charge in [0.15, 0.2) is 0 Å². The molecule has 4 heteroatoms. The minimum absolute atomic E-state index is 0.307. The molecule has 0 bridgehead atoms. The van der Waals surface area contributed by atoms with Gasteiger partial charge in [0.2, 0.25) is 0 Å². The van der Waals surface area contributed by atoms with Crippen molar-refractivity contribution in [2.45, 2.75) is 19.5 Å². The van der Waals surface area contributed by atoms with Gasteiger partial charge >= 0.3 is 0 Å². The van der Waals surface area contributed by atoms with Gasteiger partial charge in [0.1, 0.15) is 0 Å². The second kappa shape index (κ2) is 6.33. The lowest BCUT2D eigenvalue weighted by Gasteiger charge is -2.14. The van der Waals surface area contributed by atoms with Crippen LogP contribution in [-0.4, -0.2) is 14.5 Å². The van der Waals surface area contributed by atoms with Crippen molar-refractivity contribution < 1.29 is 0 Å². The van der Waals surface area contributed by atoms with Crippen LogP contribution in [0.2, 0.25) is 0 Å². The maximum atomic E-state index is 4.06. The number of benzene rings is 1. The van der Waals surface area contributed by atoms with Gasteiger partial charge in [0.05, 0.1) is 6.33 Å². The first-order chi connectivity index (χ1) is 10.3. The van der Waals surface area contributed by atoms with E-state index in [1.807, 2.05) is 35.3 Å². The lowest BCUT2D eigenvalue weighted by atomic mass is 10.1. The van der Waals surface area contributed by atoms with Gasteiger partial charge in [-0.25, -0.2) is 4.98 Å². The average molecular weight is 278 g/mol. The smallest absolute Gasteiger partial charge is 0.0991 e. The number of pyridine rings is 1. The molecule has 0 amide bonds. The van der Waals surface area contributed by atoms with E-state index < -0.39 is 0 Å². The van der Waals surface area contributed by atoms with E-state index in [0.29, 0.717) is 6.04 Å². The van der Waals surface area contributed by atoms with Gasteiger partial charge in [-0.2, -0.15) is 0 Å². The van der Waals surface area contributed by atoms with Crippen molar-refractivity contribution in [2.75, 3.05) is 0 Å². The molecule has 3 rings (SSSR count). The summed E-state index contributed by atoms with van der Waals surface area (Å²) in [7, 11) is 0. The molecule has 106 valence electrons. The van der Waals surface area contributed by atoms with Crippen LogP contribution >= 0.6 is 0 Å².